The van der Waals surface area contributed by atoms with Crippen LogP contribution < -0.4 is 5.32 Å². The summed E-state index contributed by atoms with van der Waals surface area (Å²) in [7, 11) is 0. The summed E-state index contributed by atoms with van der Waals surface area (Å²) in [5, 5.41) is 13.9. The molecule has 0 saturated heterocycles. The summed E-state index contributed by atoms with van der Waals surface area (Å²) in [5.41, 5.74) is 0.990. The third kappa shape index (κ3) is 3.81. The molecule has 2 aromatic heterocycles. The second-order valence-electron chi connectivity index (χ2n) is 4.44. The van der Waals surface area contributed by atoms with Gasteiger partial charge in [0, 0.05) is 18.3 Å². The molecular formula is C12H20N6S. The maximum absolute atomic E-state index is 4.36. The van der Waals surface area contributed by atoms with Crippen LogP contribution in [0.5, 0.6) is 0 Å². The van der Waals surface area contributed by atoms with Gasteiger partial charge in [0.15, 0.2) is 0 Å². The molecule has 1 N–H and O–H groups in total. The van der Waals surface area contributed by atoms with Gasteiger partial charge in [-0.2, -0.15) is 5.10 Å². The van der Waals surface area contributed by atoms with Gasteiger partial charge in [0.1, 0.15) is 12.2 Å². The van der Waals surface area contributed by atoms with Gasteiger partial charge in [0.2, 0.25) is 0 Å². The van der Waals surface area contributed by atoms with Crippen LogP contribution in [0.2, 0.25) is 0 Å². The third-order valence-corrected chi connectivity index (χ3v) is 3.42. The van der Waals surface area contributed by atoms with Crippen LogP contribution in [0.25, 0.3) is 0 Å². The van der Waals surface area contributed by atoms with E-state index in [4.69, 9.17) is 0 Å². The van der Waals surface area contributed by atoms with Gasteiger partial charge in [0.25, 0.3) is 0 Å². The number of hydrogen-bond acceptors (Lipinski definition) is 6. The average molecular weight is 280 g/mol. The number of aromatic nitrogens is 5. The molecule has 7 heteroatoms. The van der Waals surface area contributed by atoms with E-state index in [2.05, 4.69) is 38.8 Å². The van der Waals surface area contributed by atoms with E-state index >= 15 is 0 Å². The minimum absolute atomic E-state index is 0.165. The normalized spacial score (nSPS) is 12.7. The first-order valence-electron chi connectivity index (χ1n) is 6.72. The van der Waals surface area contributed by atoms with E-state index in [9.17, 15) is 0 Å². The van der Waals surface area contributed by atoms with Crippen molar-refractivity contribution >= 4 is 11.5 Å². The minimum atomic E-state index is 0.165. The molecule has 19 heavy (non-hydrogen) atoms. The molecule has 104 valence electrons. The molecular weight excluding hydrogens is 260 g/mol. The number of hydrogen-bond donors (Lipinski definition) is 1. The molecule has 0 bridgehead atoms. The first kappa shape index (κ1) is 14.1. The van der Waals surface area contributed by atoms with E-state index in [0.29, 0.717) is 0 Å². The zero-order valence-corrected chi connectivity index (χ0v) is 12.2. The van der Waals surface area contributed by atoms with Crippen molar-refractivity contribution in [3.05, 3.63) is 23.2 Å². The highest BCUT2D eigenvalue weighted by atomic mass is 32.1. The summed E-state index contributed by atoms with van der Waals surface area (Å²) in [6.45, 7) is 6.17. The maximum Gasteiger partial charge on any atom is 0.138 e. The highest BCUT2D eigenvalue weighted by Crippen LogP contribution is 2.16. The first-order chi connectivity index (χ1) is 9.35. The molecule has 0 saturated carbocycles. The quantitative estimate of drug-likeness (QED) is 0.799. The molecule has 0 aromatic carbocycles. The van der Waals surface area contributed by atoms with Gasteiger partial charge in [0.05, 0.1) is 11.7 Å². The van der Waals surface area contributed by atoms with Crippen LogP contribution in [0, 0.1) is 0 Å². The van der Waals surface area contributed by atoms with E-state index in [1.54, 1.807) is 6.33 Å². The van der Waals surface area contributed by atoms with Crippen LogP contribution in [0.15, 0.2) is 11.7 Å². The molecule has 0 spiro atoms. The summed E-state index contributed by atoms with van der Waals surface area (Å²) < 4.78 is 5.92. The summed E-state index contributed by atoms with van der Waals surface area (Å²) in [4.78, 5) is 4.36. The fourth-order valence-corrected chi connectivity index (χ4v) is 2.46. The smallest absolute Gasteiger partial charge is 0.138 e. The second kappa shape index (κ2) is 7.30. The van der Waals surface area contributed by atoms with Crippen molar-refractivity contribution in [1.29, 1.82) is 0 Å². The molecule has 2 aromatic rings. The lowest BCUT2D eigenvalue weighted by atomic mass is 10.1. The Morgan fingerprint density at radius 2 is 2.26 bits per heavy atom. The van der Waals surface area contributed by atoms with Crippen LogP contribution >= 0.6 is 11.5 Å². The summed E-state index contributed by atoms with van der Waals surface area (Å²) >= 11 is 1.38. The van der Waals surface area contributed by atoms with E-state index in [0.717, 1.165) is 43.9 Å². The molecule has 0 radical (unpaired) electrons. The van der Waals surface area contributed by atoms with Crippen molar-refractivity contribution in [1.82, 2.24) is 29.7 Å². The van der Waals surface area contributed by atoms with Crippen LogP contribution in [0.4, 0.5) is 0 Å². The highest BCUT2D eigenvalue weighted by molar-refractivity contribution is 7.03. The van der Waals surface area contributed by atoms with Crippen molar-refractivity contribution in [3.63, 3.8) is 0 Å². The van der Waals surface area contributed by atoms with Crippen LogP contribution in [0.3, 0.4) is 0 Å². The Morgan fingerprint density at radius 3 is 2.95 bits per heavy atom. The number of nitrogens with one attached hydrogen (secondary N) is 1. The summed E-state index contributed by atoms with van der Waals surface area (Å²) in [5.74, 6) is 1.00. The molecule has 0 fully saturated rings. The van der Waals surface area contributed by atoms with Gasteiger partial charge in [-0.05, 0) is 30.9 Å². The standard InChI is InChI=1S/C12H20N6S/c1-3-5-13-10(11-8-19-17-16-11)7-12-14-9-15-18(12)6-4-2/h8-10,13H,3-7H2,1-2H3. The van der Waals surface area contributed by atoms with Crippen molar-refractivity contribution in [2.24, 2.45) is 0 Å². The molecule has 0 aliphatic carbocycles. The van der Waals surface area contributed by atoms with Gasteiger partial charge in [-0.1, -0.05) is 18.3 Å². The predicted molar refractivity (Wildman–Crippen MR) is 75.0 cm³/mol. The lowest BCUT2D eigenvalue weighted by Crippen LogP contribution is -2.26. The SMILES string of the molecule is CCCNC(Cc1ncnn1CCC)c1csnn1. The van der Waals surface area contributed by atoms with Crippen LogP contribution in [0.1, 0.15) is 44.2 Å². The Balaban J connectivity index is 2.08. The van der Waals surface area contributed by atoms with Gasteiger partial charge < -0.3 is 5.32 Å². The largest absolute Gasteiger partial charge is 0.308 e. The fourth-order valence-electron chi connectivity index (χ4n) is 1.95. The van der Waals surface area contributed by atoms with Gasteiger partial charge in [-0.25, -0.2) is 4.98 Å². The molecule has 0 aliphatic rings. The molecule has 2 rings (SSSR count). The second-order valence-corrected chi connectivity index (χ2v) is 5.05. The predicted octanol–water partition coefficient (Wildman–Crippen LogP) is 1.82. The monoisotopic (exact) mass is 280 g/mol. The Kier molecular flexibility index (Phi) is 5.41. The zero-order chi connectivity index (χ0) is 13.5. The molecule has 6 nitrogen and oxygen atoms in total. The van der Waals surface area contributed by atoms with Crippen molar-refractivity contribution in [2.75, 3.05) is 6.54 Å². The van der Waals surface area contributed by atoms with Crippen LogP contribution in [-0.2, 0) is 13.0 Å². The van der Waals surface area contributed by atoms with E-state index in [-0.39, 0.29) is 6.04 Å². The van der Waals surface area contributed by atoms with Crippen LogP contribution in [-0.4, -0.2) is 30.9 Å². The molecule has 1 unspecified atom stereocenters. The maximum atomic E-state index is 4.36. The number of nitrogens with zero attached hydrogens (tertiary/aromatic N) is 5. The Hall–Kier alpha value is -1.34. The Labute approximate surface area is 117 Å². The lowest BCUT2D eigenvalue weighted by molar-refractivity contribution is 0.480. The minimum Gasteiger partial charge on any atom is -0.308 e. The van der Waals surface area contributed by atoms with E-state index in [1.807, 2.05) is 10.1 Å². The van der Waals surface area contributed by atoms with E-state index in [1.165, 1.54) is 11.5 Å². The molecule has 0 aliphatic heterocycles. The molecule has 1 atom stereocenters. The average Bonchev–Trinajstić information content (AvgIpc) is 3.06. The topological polar surface area (TPSA) is 68.5 Å². The van der Waals surface area contributed by atoms with E-state index < -0.39 is 0 Å². The zero-order valence-electron chi connectivity index (χ0n) is 11.4. The highest BCUT2D eigenvalue weighted by Gasteiger charge is 2.17. The Bertz CT molecular complexity index is 466. The Morgan fingerprint density at radius 1 is 1.37 bits per heavy atom. The summed E-state index contributed by atoms with van der Waals surface area (Å²) in [6, 6.07) is 0.165. The van der Waals surface area contributed by atoms with Crippen molar-refractivity contribution < 1.29 is 0 Å². The van der Waals surface area contributed by atoms with Crippen molar-refractivity contribution in [3.8, 4) is 0 Å². The lowest BCUT2D eigenvalue weighted by Gasteiger charge is -2.15. The fraction of sp³-hybridized carbons (Fsp3) is 0.667. The summed E-state index contributed by atoms with van der Waals surface area (Å²) in [6.07, 6.45) is 4.57. The van der Waals surface area contributed by atoms with Gasteiger partial charge in [-0.15, -0.1) is 5.10 Å². The molecule has 2 heterocycles. The van der Waals surface area contributed by atoms with Crippen molar-refractivity contribution in [2.45, 2.75) is 45.7 Å². The number of aryl methyl sites for hydroxylation is 1. The van der Waals surface area contributed by atoms with Gasteiger partial charge in [-0.3, -0.25) is 4.68 Å². The number of rotatable bonds is 8. The van der Waals surface area contributed by atoms with Gasteiger partial charge >= 0.3 is 0 Å². The molecule has 0 amide bonds. The first-order valence-corrected chi connectivity index (χ1v) is 7.55. The third-order valence-electron chi connectivity index (χ3n) is 2.89.